The molecule has 0 radical (unpaired) electrons. The molecule has 0 unspecified atom stereocenters. The average molecular weight is 479 g/mol. The summed E-state index contributed by atoms with van der Waals surface area (Å²) in [6, 6.07) is 12.4. The van der Waals surface area contributed by atoms with E-state index in [9.17, 15) is 9.59 Å². The third-order valence-corrected chi connectivity index (χ3v) is 7.39. The molecule has 1 saturated heterocycles. The van der Waals surface area contributed by atoms with Crippen LogP contribution < -0.4 is 11.1 Å². The number of nitrogen functional groups attached to an aromatic ring is 1. The monoisotopic (exact) mass is 478 g/mol. The fraction of sp³-hybridized carbons (Fsp3) is 0.500. The van der Waals surface area contributed by atoms with Crippen LogP contribution in [0.3, 0.4) is 0 Å². The number of anilines is 2. The molecule has 188 valence electrons. The summed E-state index contributed by atoms with van der Waals surface area (Å²) < 4.78 is 6.11. The number of carbonyl (C=O) groups excluding carboxylic acids is 2. The summed E-state index contributed by atoms with van der Waals surface area (Å²) in [5.41, 5.74) is 12.4. The zero-order valence-electron chi connectivity index (χ0n) is 21.2. The third kappa shape index (κ3) is 6.03. The Hall–Kier alpha value is -2.90. The van der Waals surface area contributed by atoms with Gasteiger partial charge in [0, 0.05) is 43.5 Å². The molecule has 0 spiro atoms. The summed E-state index contributed by atoms with van der Waals surface area (Å²) in [6.07, 6.45) is 3.60. The number of hydrogen-bond donors (Lipinski definition) is 2. The molecule has 2 amide bonds. The van der Waals surface area contributed by atoms with Gasteiger partial charge in [-0.25, -0.2) is 4.79 Å². The smallest absolute Gasteiger partial charge is 0.322 e. The first-order valence-corrected chi connectivity index (χ1v) is 12.7. The number of aryl methyl sites for hydroxylation is 2. The van der Waals surface area contributed by atoms with Gasteiger partial charge in [-0.3, -0.25) is 9.69 Å². The first-order valence-electron chi connectivity index (χ1n) is 12.7. The van der Waals surface area contributed by atoms with E-state index in [1.54, 1.807) is 6.92 Å². The van der Waals surface area contributed by atoms with Crippen molar-refractivity contribution in [3.63, 3.8) is 0 Å². The lowest BCUT2D eigenvalue weighted by Gasteiger charge is -2.38. The van der Waals surface area contributed by atoms with E-state index in [0.717, 1.165) is 73.4 Å². The van der Waals surface area contributed by atoms with Gasteiger partial charge in [-0.2, -0.15) is 0 Å². The minimum Gasteiger partial charge on any atom is -0.398 e. The fourth-order valence-electron chi connectivity index (χ4n) is 5.19. The minimum atomic E-state index is -0.477. The molecule has 3 N–H and O–H groups in total. The number of piperidine rings is 1. The molecule has 1 atom stereocenters. The summed E-state index contributed by atoms with van der Waals surface area (Å²) in [7, 11) is 0. The number of nitrogens with one attached hydrogen (secondary N) is 1. The molecule has 0 saturated carbocycles. The first-order chi connectivity index (χ1) is 16.9. The Morgan fingerprint density at radius 3 is 2.66 bits per heavy atom. The van der Waals surface area contributed by atoms with Crippen LogP contribution in [0.1, 0.15) is 48.9 Å². The maximum Gasteiger partial charge on any atom is 0.322 e. The number of urea groups is 1. The van der Waals surface area contributed by atoms with Gasteiger partial charge >= 0.3 is 6.03 Å². The van der Waals surface area contributed by atoms with E-state index in [-0.39, 0.29) is 17.9 Å². The van der Waals surface area contributed by atoms with Crippen LogP contribution in [0, 0.1) is 6.92 Å². The van der Waals surface area contributed by atoms with Crippen LogP contribution in [0.15, 0.2) is 36.4 Å². The topological polar surface area (TPSA) is 87.9 Å². The van der Waals surface area contributed by atoms with Crippen LogP contribution in [0.2, 0.25) is 0 Å². The van der Waals surface area contributed by atoms with Crippen molar-refractivity contribution in [1.82, 2.24) is 9.80 Å². The van der Waals surface area contributed by atoms with Crippen molar-refractivity contribution in [2.24, 2.45) is 0 Å². The number of ketones is 1. The van der Waals surface area contributed by atoms with Gasteiger partial charge in [0.15, 0.2) is 5.78 Å². The number of likely N-dealkylation sites (tertiary alicyclic amines) is 1. The molecule has 7 heteroatoms. The quantitative estimate of drug-likeness (QED) is 0.556. The number of ether oxygens (including phenoxy) is 1. The molecular weight excluding hydrogens is 440 g/mol. The third-order valence-electron chi connectivity index (χ3n) is 7.39. The zero-order valence-corrected chi connectivity index (χ0v) is 21.2. The van der Waals surface area contributed by atoms with E-state index in [1.165, 1.54) is 5.56 Å². The average Bonchev–Trinajstić information content (AvgIpc) is 3.02. The number of carbonyl (C=O) groups is 2. The summed E-state index contributed by atoms with van der Waals surface area (Å²) in [5.74, 6) is 0.0354. The lowest BCUT2D eigenvalue weighted by Crippen LogP contribution is -2.49. The summed E-state index contributed by atoms with van der Waals surface area (Å²) in [4.78, 5) is 29.4. The van der Waals surface area contributed by atoms with Crippen molar-refractivity contribution in [2.75, 3.05) is 37.4 Å². The summed E-state index contributed by atoms with van der Waals surface area (Å²) >= 11 is 0. The van der Waals surface area contributed by atoms with E-state index in [4.69, 9.17) is 10.5 Å². The molecule has 4 rings (SSSR count). The number of Topliss-reactive ketones (excluding diaryl/α,β-unsaturated/α-hetero) is 1. The normalized spacial score (nSPS) is 18.0. The molecule has 2 heterocycles. The van der Waals surface area contributed by atoms with Crippen molar-refractivity contribution in [3.8, 4) is 0 Å². The van der Waals surface area contributed by atoms with Crippen LogP contribution in [0.4, 0.5) is 16.2 Å². The van der Waals surface area contributed by atoms with Crippen LogP contribution in [-0.2, 0) is 28.8 Å². The lowest BCUT2D eigenvalue weighted by atomic mass is 9.97. The Morgan fingerprint density at radius 2 is 1.94 bits per heavy atom. The Kier molecular flexibility index (Phi) is 8.08. The highest BCUT2D eigenvalue weighted by Gasteiger charge is 2.30. The summed E-state index contributed by atoms with van der Waals surface area (Å²) in [6.45, 7) is 8.53. The highest BCUT2D eigenvalue weighted by atomic mass is 16.5. The number of amides is 2. The molecule has 2 aliphatic rings. The molecule has 2 aromatic rings. The maximum atomic E-state index is 12.8. The van der Waals surface area contributed by atoms with E-state index in [0.29, 0.717) is 13.2 Å². The molecule has 0 aromatic heterocycles. The standard InChI is InChI=1S/C28H38N4O3/c1-4-22-16-21(15-19(2)27(22)29)17-26(20(3)33)35-18-31-12-10-24(11-13-31)32-14-9-23-7-5-6-8-25(23)30-28(32)34/h5-8,15-16,24,26H,4,9-14,17-18,29H2,1-3H3,(H,30,34)/t26-/m1/s1. The second kappa shape index (κ2) is 11.2. The van der Waals surface area contributed by atoms with Crippen LogP contribution in [-0.4, -0.2) is 60.1 Å². The van der Waals surface area contributed by atoms with Crippen LogP contribution in [0.25, 0.3) is 0 Å². The second-order valence-corrected chi connectivity index (χ2v) is 9.82. The number of nitrogens with two attached hydrogens (primary N) is 1. The minimum absolute atomic E-state index is 0.00784. The molecule has 35 heavy (non-hydrogen) atoms. The number of rotatable bonds is 8. The Morgan fingerprint density at radius 1 is 1.20 bits per heavy atom. The predicted molar refractivity (Wildman–Crippen MR) is 140 cm³/mol. The molecule has 7 nitrogen and oxygen atoms in total. The number of benzene rings is 2. The van der Waals surface area contributed by atoms with Gasteiger partial charge in [0.1, 0.15) is 6.10 Å². The van der Waals surface area contributed by atoms with Crippen LogP contribution in [0.5, 0.6) is 0 Å². The summed E-state index contributed by atoms with van der Waals surface area (Å²) in [5, 5.41) is 3.08. The van der Waals surface area contributed by atoms with Gasteiger partial charge < -0.3 is 20.7 Å². The first kappa shape index (κ1) is 25.2. The molecule has 2 aliphatic heterocycles. The van der Waals surface area contributed by atoms with Gasteiger partial charge in [-0.1, -0.05) is 37.3 Å². The van der Waals surface area contributed by atoms with Gasteiger partial charge in [0.05, 0.1) is 6.73 Å². The van der Waals surface area contributed by atoms with Crippen molar-refractivity contribution < 1.29 is 14.3 Å². The Labute approximate surface area is 208 Å². The Balaban J connectivity index is 1.29. The second-order valence-electron chi connectivity index (χ2n) is 9.82. The molecule has 0 aliphatic carbocycles. The number of para-hydroxylation sites is 1. The molecular formula is C28H38N4O3. The van der Waals surface area contributed by atoms with E-state index in [1.807, 2.05) is 30.0 Å². The maximum absolute atomic E-state index is 12.8. The lowest BCUT2D eigenvalue weighted by molar-refractivity contribution is -0.132. The van der Waals surface area contributed by atoms with Gasteiger partial charge in [0.2, 0.25) is 0 Å². The molecule has 2 aromatic carbocycles. The fourth-order valence-corrected chi connectivity index (χ4v) is 5.19. The van der Waals surface area contributed by atoms with E-state index in [2.05, 4.69) is 35.3 Å². The Bertz CT molecular complexity index is 1060. The van der Waals surface area contributed by atoms with Gasteiger partial charge in [-0.05, 0) is 67.9 Å². The predicted octanol–water partition coefficient (Wildman–Crippen LogP) is 4.17. The number of hydrogen-bond acceptors (Lipinski definition) is 5. The van der Waals surface area contributed by atoms with Crippen molar-refractivity contribution in [3.05, 3.63) is 58.7 Å². The molecule has 1 fully saturated rings. The van der Waals surface area contributed by atoms with E-state index < -0.39 is 6.10 Å². The largest absolute Gasteiger partial charge is 0.398 e. The van der Waals surface area contributed by atoms with E-state index >= 15 is 0 Å². The van der Waals surface area contributed by atoms with Crippen molar-refractivity contribution in [1.29, 1.82) is 0 Å². The van der Waals surface area contributed by atoms with Crippen molar-refractivity contribution >= 4 is 23.2 Å². The number of nitrogens with zero attached hydrogens (tertiary/aromatic N) is 2. The SMILES string of the molecule is CCc1cc(C[C@@H](OCN2CCC(N3CCc4ccccc4NC3=O)CC2)C(C)=O)cc(C)c1N. The van der Waals surface area contributed by atoms with Crippen molar-refractivity contribution in [2.45, 2.75) is 65.0 Å². The highest BCUT2D eigenvalue weighted by molar-refractivity contribution is 5.91. The zero-order chi connectivity index (χ0) is 24.9. The van der Waals surface area contributed by atoms with Crippen LogP contribution >= 0.6 is 0 Å². The van der Waals surface area contributed by atoms with Gasteiger partial charge in [0.25, 0.3) is 0 Å². The highest BCUT2D eigenvalue weighted by Crippen LogP contribution is 2.25. The van der Waals surface area contributed by atoms with Gasteiger partial charge in [-0.15, -0.1) is 0 Å². The molecule has 0 bridgehead atoms. The number of fused-ring (bicyclic) bond motifs is 1.